The maximum absolute atomic E-state index is 12.1. The highest BCUT2D eigenvalue weighted by Crippen LogP contribution is 2.23. The van der Waals surface area contributed by atoms with E-state index in [-0.39, 0.29) is 5.91 Å². The lowest BCUT2D eigenvalue weighted by atomic mass is 10.1. The van der Waals surface area contributed by atoms with E-state index in [9.17, 15) is 21.6 Å². The average molecular weight is 607 g/mol. The molecule has 1 aliphatic rings. The maximum atomic E-state index is 12.1. The molecule has 3 N–H and O–H groups in total. The van der Waals surface area contributed by atoms with Crippen LogP contribution in [0.25, 0.3) is 11.3 Å². The molecule has 2 heterocycles. The standard InChI is InChI=1S/C23H22N6O2.2CH4O3S/c1-28(16-24)22(30)18-4-2-17(3-5-18)21-10-11-25-23(27-21)26-19-6-8-20(9-7-19)29-12-14-31-15-13-29;2*1-5(2,3)4/h2-11H,12-15H2,1H3,(H,25,26,27);2*1H3,(H,2,3,4). The normalized spacial score (nSPS) is 12.9. The minimum Gasteiger partial charge on any atom is -0.378 e. The van der Waals surface area contributed by atoms with Gasteiger partial charge in [-0.05, 0) is 42.5 Å². The number of aromatic nitrogens is 2. The zero-order chi connectivity index (χ0) is 30.6. The van der Waals surface area contributed by atoms with E-state index < -0.39 is 20.2 Å². The number of ether oxygens (including phenoxy) is 1. The van der Waals surface area contributed by atoms with Gasteiger partial charge >= 0.3 is 0 Å². The van der Waals surface area contributed by atoms with E-state index in [0.29, 0.717) is 24.0 Å². The van der Waals surface area contributed by atoms with Crippen molar-refractivity contribution in [2.45, 2.75) is 0 Å². The summed E-state index contributed by atoms with van der Waals surface area (Å²) in [6.07, 6.45) is 4.93. The highest BCUT2D eigenvalue weighted by Gasteiger charge is 2.12. The lowest BCUT2D eigenvalue weighted by Crippen LogP contribution is -2.36. The fourth-order valence-corrected chi connectivity index (χ4v) is 3.31. The Morgan fingerprint density at radius 2 is 1.51 bits per heavy atom. The van der Waals surface area contributed by atoms with E-state index >= 15 is 0 Å². The Kier molecular flexibility index (Phi) is 12.1. The molecule has 14 nitrogen and oxygen atoms in total. The summed E-state index contributed by atoms with van der Waals surface area (Å²) in [5.41, 5.74) is 4.09. The van der Waals surface area contributed by atoms with Gasteiger partial charge in [-0.3, -0.25) is 13.9 Å². The maximum Gasteiger partial charge on any atom is 0.266 e. The summed E-state index contributed by atoms with van der Waals surface area (Å²) in [7, 11) is -5.90. The quantitative estimate of drug-likeness (QED) is 0.217. The third-order valence-electron chi connectivity index (χ3n) is 5.04. The molecule has 1 aliphatic heterocycles. The summed E-state index contributed by atoms with van der Waals surface area (Å²) in [5, 5.41) is 12.1. The Morgan fingerprint density at radius 1 is 0.976 bits per heavy atom. The Labute approximate surface area is 238 Å². The molecule has 0 unspecified atom stereocenters. The van der Waals surface area contributed by atoms with E-state index in [4.69, 9.17) is 19.1 Å². The third-order valence-corrected chi connectivity index (χ3v) is 5.04. The average Bonchev–Trinajstić information content (AvgIpc) is 2.91. The largest absolute Gasteiger partial charge is 0.378 e. The molecule has 41 heavy (non-hydrogen) atoms. The third kappa shape index (κ3) is 13.2. The number of hydrogen-bond donors (Lipinski definition) is 3. The summed E-state index contributed by atoms with van der Waals surface area (Å²) in [6, 6.07) is 17.0. The Hall–Kier alpha value is -4.14. The second kappa shape index (κ2) is 15.0. The van der Waals surface area contributed by atoms with E-state index in [0.717, 1.165) is 48.1 Å². The molecule has 3 aromatic rings. The highest BCUT2D eigenvalue weighted by molar-refractivity contribution is 7.85. The molecule has 1 fully saturated rings. The van der Waals surface area contributed by atoms with Gasteiger partial charge in [0.1, 0.15) is 0 Å². The summed E-state index contributed by atoms with van der Waals surface area (Å²) < 4.78 is 57.1. The van der Waals surface area contributed by atoms with Crippen molar-refractivity contribution in [2.75, 3.05) is 56.1 Å². The van der Waals surface area contributed by atoms with Crippen LogP contribution in [0.2, 0.25) is 0 Å². The minimum absolute atomic E-state index is 0.348. The summed E-state index contributed by atoms with van der Waals surface area (Å²) in [5.74, 6) is 0.139. The molecule has 220 valence electrons. The second-order valence-corrected chi connectivity index (χ2v) is 11.5. The summed E-state index contributed by atoms with van der Waals surface area (Å²) in [6.45, 7) is 3.31. The van der Waals surface area contributed by atoms with E-state index in [2.05, 4.69) is 32.3 Å². The molecule has 0 atom stereocenters. The van der Waals surface area contributed by atoms with Crippen LogP contribution in [0, 0.1) is 11.5 Å². The van der Waals surface area contributed by atoms with Crippen LogP contribution in [0.5, 0.6) is 0 Å². The van der Waals surface area contributed by atoms with Crippen LogP contribution in [0.4, 0.5) is 17.3 Å². The molecule has 1 amide bonds. The van der Waals surface area contributed by atoms with Gasteiger partial charge in [0.2, 0.25) is 5.95 Å². The molecule has 0 bridgehead atoms. The topological polar surface area (TPSA) is 203 Å². The first-order valence-corrected chi connectivity index (χ1v) is 15.5. The fourth-order valence-electron chi connectivity index (χ4n) is 3.31. The SMILES string of the molecule is CN(C#N)C(=O)c1ccc(-c2ccnc(Nc3ccc(N4CCOCC4)cc3)n2)cc1.CS(=O)(=O)O.CS(=O)(=O)O. The van der Waals surface area contributed by atoms with Crippen LogP contribution >= 0.6 is 0 Å². The molecule has 0 saturated carbocycles. The van der Waals surface area contributed by atoms with Crippen molar-refractivity contribution in [3.63, 3.8) is 0 Å². The van der Waals surface area contributed by atoms with Gasteiger partial charge in [-0.25, -0.2) is 14.9 Å². The van der Waals surface area contributed by atoms with Gasteiger partial charge in [0.15, 0.2) is 6.19 Å². The molecule has 4 rings (SSSR count). The number of benzene rings is 2. The molecule has 1 saturated heterocycles. The molecular weight excluding hydrogens is 576 g/mol. The predicted octanol–water partition coefficient (Wildman–Crippen LogP) is 2.28. The van der Waals surface area contributed by atoms with Crippen LogP contribution in [0.1, 0.15) is 10.4 Å². The van der Waals surface area contributed by atoms with Crippen molar-refractivity contribution in [2.24, 2.45) is 0 Å². The van der Waals surface area contributed by atoms with Crippen molar-refractivity contribution < 1.29 is 35.5 Å². The Balaban J connectivity index is 0.000000507. The minimum atomic E-state index is -3.67. The lowest BCUT2D eigenvalue weighted by molar-refractivity contribution is 0.0858. The number of hydrogen-bond acceptors (Lipinski definition) is 11. The number of rotatable bonds is 5. The van der Waals surface area contributed by atoms with Gasteiger partial charge < -0.3 is 15.0 Å². The van der Waals surface area contributed by atoms with Crippen LogP contribution in [-0.4, -0.2) is 92.6 Å². The number of anilines is 3. The van der Waals surface area contributed by atoms with Crippen molar-refractivity contribution in [3.8, 4) is 17.5 Å². The van der Waals surface area contributed by atoms with E-state index in [1.54, 1.807) is 18.3 Å². The number of nitrogens with zero attached hydrogens (tertiary/aromatic N) is 5. The van der Waals surface area contributed by atoms with Crippen molar-refractivity contribution in [1.29, 1.82) is 5.26 Å². The molecule has 1 aromatic heterocycles. The molecule has 2 aromatic carbocycles. The van der Waals surface area contributed by atoms with Gasteiger partial charge in [0.25, 0.3) is 26.1 Å². The first kappa shape index (κ1) is 33.1. The molecular formula is C25H30N6O8S2. The number of carbonyl (C=O) groups excluding carboxylic acids is 1. The summed E-state index contributed by atoms with van der Waals surface area (Å²) >= 11 is 0. The van der Waals surface area contributed by atoms with Crippen LogP contribution in [0.15, 0.2) is 60.8 Å². The molecule has 0 aliphatic carbocycles. The van der Waals surface area contributed by atoms with Gasteiger partial charge in [0.05, 0.1) is 31.4 Å². The Bertz CT molecular complexity index is 1510. The zero-order valence-corrected chi connectivity index (χ0v) is 24.1. The van der Waals surface area contributed by atoms with Gasteiger partial charge in [-0.1, -0.05) is 12.1 Å². The first-order chi connectivity index (χ1) is 19.1. The number of nitrogens with one attached hydrogen (secondary N) is 1. The van der Waals surface area contributed by atoms with E-state index in [1.807, 2.05) is 36.5 Å². The van der Waals surface area contributed by atoms with Crippen LogP contribution < -0.4 is 10.2 Å². The highest BCUT2D eigenvalue weighted by atomic mass is 32.2. The van der Waals surface area contributed by atoms with Crippen LogP contribution in [-0.2, 0) is 25.0 Å². The van der Waals surface area contributed by atoms with Crippen molar-refractivity contribution in [3.05, 3.63) is 66.4 Å². The van der Waals surface area contributed by atoms with Crippen molar-refractivity contribution >= 4 is 43.5 Å². The second-order valence-electron chi connectivity index (χ2n) is 8.54. The molecule has 16 heteroatoms. The number of amides is 1. The molecule has 0 spiro atoms. The Morgan fingerprint density at radius 3 is 2.02 bits per heavy atom. The fraction of sp³-hybridized carbons (Fsp3) is 0.280. The van der Waals surface area contributed by atoms with Gasteiger partial charge in [0, 0.05) is 48.8 Å². The lowest BCUT2D eigenvalue weighted by Gasteiger charge is -2.28. The van der Waals surface area contributed by atoms with Crippen LogP contribution in [0.3, 0.4) is 0 Å². The number of morpholine rings is 1. The van der Waals surface area contributed by atoms with E-state index in [1.165, 1.54) is 12.7 Å². The predicted molar refractivity (Wildman–Crippen MR) is 153 cm³/mol. The molecule has 0 radical (unpaired) electrons. The summed E-state index contributed by atoms with van der Waals surface area (Å²) in [4.78, 5) is 24.2. The number of carbonyl (C=O) groups is 1. The van der Waals surface area contributed by atoms with Gasteiger partial charge in [-0.15, -0.1) is 0 Å². The zero-order valence-electron chi connectivity index (χ0n) is 22.5. The first-order valence-electron chi connectivity index (χ1n) is 11.8. The number of nitriles is 1. The monoisotopic (exact) mass is 606 g/mol. The smallest absolute Gasteiger partial charge is 0.266 e. The van der Waals surface area contributed by atoms with Crippen molar-refractivity contribution in [1.82, 2.24) is 14.9 Å². The van der Waals surface area contributed by atoms with Gasteiger partial charge in [-0.2, -0.15) is 22.1 Å².